The van der Waals surface area contributed by atoms with Crippen molar-refractivity contribution in [2.45, 2.75) is 0 Å². The van der Waals surface area contributed by atoms with E-state index in [1.54, 1.807) is 0 Å². The first-order valence-corrected chi connectivity index (χ1v) is 10.1. The lowest BCUT2D eigenvalue weighted by atomic mass is 9.95. The molecule has 0 unspecified atom stereocenters. The van der Waals surface area contributed by atoms with E-state index in [4.69, 9.17) is 12.8 Å². The Morgan fingerprint density at radius 2 is 0.656 bits per heavy atom. The molecule has 146 valence electrons. The zero-order valence-electron chi connectivity index (χ0n) is 17.4. The molecule has 0 spiro atoms. The Kier molecular flexibility index (Phi) is 6.21. The maximum absolute atomic E-state index is 5.69. The van der Waals surface area contributed by atoms with Crippen LogP contribution in [0.2, 0.25) is 0 Å². The molecule has 32 heavy (non-hydrogen) atoms. The second-order valence-corrected chi connectivity index (χ2v) is 6.97. The van der Waals surface area contributed by atoms with Crippen LogP contribution in [0.15, 0.2) is 97.1 Å². The van der Waals surface area contributed by atoms with Crippen molar-refractivity contribution in [3.05, 3.63) is 119 Å². The van der Waals surface area contributed by atoms with Crippen LogP contribution >= 0.6 is 0 Å². The molecule has 0 aliphatic heterocycles. The Labute approximate surface area is 190 Å². The lowest BCUT2D eigenvalue weighted by molar-refractivity contribution is 1.56. The number of rotatable bonds is 2. The van der Waals surface area contributed by atoms with Crippen molar-refractivity contribution in [1.29, 1.82) is 0 Å². The summed E-state index contributed by atoms with van der Waals surface area (Å²) in [5, 5.41) is 0. The van der Waals surface area contributed by atoms with Crippen LogP contribution in [0.3, 0.4) is 0 Å². The second kappa shape index (κ2) is 9.75. The predicted octanol–water partition coefficient (Wildman–Crippen LogP) is 6.39. The molecule has 0 heterocycles. The van der Waals surface area contributed by atoms with E-state index in [1.807, 2.05) is 97.1 Å². The van der Waals surface area contributed by atoms with E-state index < -0.39 is 0 Å². The third-order valence-corrected chi connectivity index (χ3v) is 5.06. The quantitative estimate of drug-likeness (QED) is 0.341. The Morgan fingerprint density at radius 3 is 1.00 bits per heavy atom. The largest absolute Gasteiger partial charge is 0.115 e. The molecule has 0 nitrogen and oxygen atoms in total. The molecule has 0 N–H and O–H groups in total. The van der Waals surface area contributed by atoms with Gasteiger partial charge in [0.25, 0.3) is 0 Å². The van der Waals surface area contributed by atoms with Gasteiger partial charge in [0.15, 0.2) is 0 Å². The number of benzene rings is 4. The molecule has 4 rings (SSSR count). The van der Waals surface area contributed by atoms with Gasteiger partial charge in [0, 0.05) is 22.3 Å². The van der Waals surface area contributed by atoms with Crippen molar-refractivity contribution < 1.29 is 0 Å². The first-order valence-electron chi connectivity index (χ1n) is 10.1. The van der Waals surface area contributed by atoms with Crippen LogP contribution in [0.5, 0.6) is 0 Å². The average Bonchev–Trinajstić information content (AvgIpc) is 2.87. The van der Waals surface area contributed by atoms with Crippen LogP contribution in [-0.2, 0) is 0 Å². The molecule has 0 radical (unpaired) electrons. The van der Waals surface area contributed by atoms with Crippen molar-refractivity contribution in [3.8, 4) is 70.6 Å². The summed E-state index contributed by atoms with van der Waals surface area (Å²) < 4.78 is 0. The molecule has 0 bridgehead atoms. The summed E-state index contributed by atoms with van der Waals surface area (Å²) in [4.78, 5) is 0. The van der Waals surface area contributed by atoms with Crippen LogP contribution in [0, 0.1) is 48.4 Å². The minimum Gasteiger partial charge on any atom is -0.115 e. The van der Waals surface area contributed by atoms with Gasteiger partial charge in [-0.25, -0.2) is 0 Å². The van der Waals surface area contributed by atoms with Gasteiger partial charge in [-0.2, -0.15) is 0 Å². The molecule has 0 heteroatoms. The maximum atomic E-state index is 5.69. The van der Waals surface area contributed by atoms with E-state index in [9.17, 15) is 0 Å². The van der Waals surface area contributed by atoms with E-state index in [-0.39, 0.29) is 0 Å². The van der Waals surface area contributed by atoms with Gasteiger partial charge in [-0.1, -0.05) is 96.5 Å². The Bertz CT molecular complexity index is 1380. The molecule has 0 saturated heterocycles. The minimum atomic E-state index is 0.842. The van der Waals surface area contributed by atoms with Crippen LogP contribution in [0.4, 0.5) is 0 Å². The zero-order chi connectivity index (χ0) is 22.2. The summed E-state index contributed by atoms with van der Waals surface area (Å²) in [6, 6.07) is 31.6. The summed E-state index contributed by atoms with van der Waals surface area (Å²) in [6.45, 7) is 0. The molecular formula is C32H18. The molecule has 0 saturated carbocycles. The van der Waals surface area contributed by atoms with Crippen molar-refractivity contribution >= 4 is 0 Å². The monoisotopic (exact) mass is 402 g/mol. The standard InChI is InChI=1S/C32H18/c1-3-25-15-7-11-21-29(25)31-23-13-9-19-27(31)17-5-6-18-28-20-10-14-24-32(28)30-22-12-8-16-26(30)4-2/h1-2,7-16,19-24H. The molecule has 0 amide bonds. The molecule has 0 aromatic heterocycles. The summed E-state index contributed by atoms with van der Waals surface area (Å²) in [5.41, 5.74) is 7.43. The number of hydrogen-bond donors (Lipinski definition) is 0. The van der Waals surface area contributed by atoms with Gasteiger partial charge in [-0.05, 0) is 58.4 Å². The van der Waals surface area contributed by atoms with Gasteiger partial charge in [0.2, 0.25) is 0 Å². The third kappa shape index (κ3) is 4.33. The van der Waals surface area contributed by atoms with Gasteiger partial charge < -0.3 is 0 Å². The third-order valence-electron chi connectivity index (χ3n) is 5.06. The highest BCUT2D eigenvalue weighted by atomic mass is 14.1. The normalized spacial score (nSPS) is 9.31. The summed E-state index contributed by atoms with van der Waals surface area (Å²) in [5.74, 6) is 17.9. The molecular weight excluding hydrogens is 384 g/mol. The smallest absolute Gasteiger partial charge is 0.0334 e. The van der Waals surface area contributed by atoms with Crippen molar-refractivity contribution in [1.82, 2.24) is 0 Å². The van der Waals surface area contributed by atoms with Crippen molar-refractivity contribution in [2.24, 2.45) is 0 Å². The highest BCUT2D eigenvalue weighted by molar-refractivity contribution is 5.78. The Morgan fingerprint density at radius 1 is 0.375 bits per heavy atom. The lowest BCUT2D eigenvalue weighted by Crippen LogP contribution is -1.88. The van der Waals surface area contributed by atoms with Crippen LogP contribution < -0.4 is 0 Å². The summed E-state index contributed by atoms with van der Waals surface area (Å²) >= 11 is 0. The van der Waals surface area contributed by atoms with E-state index in [1.165, 1.54) is 0 Å². The van der Waals surface area contributed by atoms with E-state index in [0.29, 0.717) is 0 Å². The van der Waals surface area contributed by atoms with Crippen LogP contribution in [0.25, 0.3) is 22.3 Å². The Hall–Kier alpha value is -4.88. The van der Waals surface area contributed by atoms with Gasteiger partial charge in [-0.3, -0.25) is 0 Å². The molecule has 0 atom stereocenters. The van der Waals surface area contributed by atoms with Gasteiger partial charge in [0.05, 0.1) is 0 Å². The molecule has 4 aromatic rings. The highest BCUT2D eigenvalue weighted by Gasteiger charge is 2.07. The van der Waals surface area contributed by atoms with Gasteiger partial charge in [0.1, 0.15) is 0 Å². The number of terminal acetylenes is 2. The molecule has 0 aliphatic carbocycles. The SMILES string of the molecule is C#Cc1ccccc1-c1ccccc1C#CC#Cc1ccccc1-c1ccccc1C#C. The van der Waals surface area contributed by atoms with Gasteiger partial charge >= 0.3 is 0 Å². The minimum absolute atomic E-state index is 0.842. The fourth-order valence-corrected chi connectivity index (χ4v) is 3.54. The van der Waals surface area contributed by atoms with E-state index >= 15 is 0 Å². The van der Waals surface area contributed by atoms with Crippen molar-refractivity contribution in [3.63, 3.8) is 0 Å². The summed E-state index contributed by atoms with van der Waals surface area (Å²) in [7, 11) is 0. The topological polar surface area (TPSA) is 0 Å². The van der Waals surface area contributed by atoms with Crippen molar-refractivity contribution in [2.75, 3.05) is 0 Å². The van der Waals surface area contributed by atoms with Crippen LogP contribution in [-0.4, -0.2) is 0 Å². The zero-order valence-corrected chi connectivity index (χ0v) is 17.4. The second-order valence-electron chi connectivity index (χ2n) is 6.97. The fraction of sp³-hybridized carbons (Fsp3) is 0. The lowest BCUT2D eigenvalue weighted by Gasteiger charge is -2.07. The highest BCUT2D eigenvalue weighted by Crippen LogP contribution is 2.27. The molecule has 0 fully saturated rings. The first-order chi connectivity index (χ1) is 15.8. The number of hydrogen-bond acceptors (Lipinski definition) is 0. The van der Waals surface area contributed by atoms with Crippen LogP contribution in [0.1, 0.15) is 22.3 Å². The molecule has 0 aliphatic rings. The fourth-order valence-electron chi connectivity index (χ4n) is 3.54. The van der Waals surface area contributed by atoms with Gasteiger partial charge in [-0.15, -0.1) is 12.8 Å². The molecule has 4 aromatic carbocycles. The first kappa shape index (κ1) is 20.4. The maximum Gasteiger partial charge on any atom is 0.0334 e. The van der Waals surface area contributed by atoms with E-state index in [2.05, 4.69) is 35.5 Å². The van der Waals surface area contributed by atoms with E-state index in [0.717, 1.165) is 44.5 Å². The predicted molar refractivity (Wildman–Crippen MR) is 133 cm³/mol. The Balaban J connectivity index is 1.71. The summed E-state index contributed by atoms with van der Waals surface area (Å²) in [6.07, 6.45) is 11.4. The average molecular weight is 402 g/mol.